The summed E-state index contributed by atoms with van der Waals surface area (Å²) < 4.78 is 45.2. The van der Waals surface area contributed by atoms with Gasteiger partial charge in [-0.3, -0.25) is 5.41 Å². The third-order valence-electron chi connectivity index (χ3n) is 3.64. The summed E-state index contributed by atoms with van der Waals surface area (Å²) in [5.41, 5.74) is -1.12. The van der Waals surface area contributed by atoms with Crippen LogP contribution in [0.25, 0.3) is 0 Å². The second-order valence-electron chi connectivity index (χ2n) is 6.34. The largest absolute Gasteiger partial charge is 0.489 e. The van der Waals surface area contributed by atoms with Crippen LogP contribution in [-0.2, 0) is 6.18 Å². The number of aryl methyl sites for hydroxylation is 1. The van der Waals surface area contributed by atoms with Crippen LogP contribution in [-0.4, -0.2) is 38.1 Å². The van der Waals surface area contributed by atoms with Crippen molar-refractivity contribution < 1.29 is 27.8 Å². The molecule has 0 spiro atoms. The first-order chi connectivity index (χ1) is 13.9. The standard InChI is InChI=1S/C18H18F3N5O3S/c1-8(2)29-12-7-24-11(6-10(12)18(19,20)21)14(22)25-17(30)26-15-13(16(27)28)9(3)4-5-23-15/h4-8H,1-3H3,(H,27,28)(H3,22,23,25,26,30). The Kier molecular flexibility index (Phi) is 6.92. The fourth-order valence-corrected chi connectivity index (χ4v) is 2.59. The predicted molar refractivity (Wildman–Crippen MR) is 107 cm³/mol. The van der Waals surface area contributed by atoms with Crippen LogP contribution in [0, 0.1) is 12.3 Å². The molecular weight excluding hydrogens is 423 g/mol. The number of aromatic nitrogens is 2. The maximum absolute atomic E-state index is 13.3. The van der Waals surface area contributed by atoms with Crippen molar-refractivity contribution in [1.82, 2.24) is 15.3 Å². The van der Waals surface area contributed by atoms with Gasteiger partial charge in [0.25, 0.3) is 0 Å². The molecule has 0 saturated heterocycles. The van der Waals surface area contributed by atoms with Crippen LogP contribution in [0.4, 0.5) is 19.0 Å². The van der Waals surface area contributed by atoms with Gasteiger partial charge in [0.2, 0.25) is 0 Å². The highest BCUT2D eigenvalue weighted by Crippen LogP contribution is 2.36. The maximum Gasteiger partial charge on any atom is 0.420 e. The number of nitrogens with zero attached hydrogens (tertiary/aromatic N) is 2. The van der Waals surface area contributed by atoms with Crippen LogP contribution in [0.1, 0.15) is 41.0 Å². The lowest BCUT2D eigenvalue weighted by molar-refractivity contribution is -0.139. The Hall–Kier alpha value is -3.28. The van der Waals surface area contributed by atoms with E-state index in [0.29, 0.717) is 11.6 Å². The van der Waals surface area contributed by atoms with Crippen molar-refractivity contribution in [2.45, 2.75) is 33.1 Å². The molecule has 2 heterocycles. The van der Waals surface area contributed by atoms with Crippen molar-refractivity contribution in [3.8, 4) is 5.75 Å². The molecule has 0 unspecified atom stereocenters. The van der Waals surface area contributed by atoms with Gasteiger partial charge in [-0.1, -0.05) is 0 Å². The average Bonchev–Trinajstić information content (AvgIpc) is 2.60. The Balaban J connectivity index is 2.23. The second kappa shape index (κ2) is 9.03. The summed E-state index contributed by atoms with van der Waals surface area (Å²) in [7, 11) is 0. The maximum atomic E-state index is 13.3. The average molecular weight is 441 g/mol. The zero-order chi connectivity index (χ0) is 22.6. The van der Waals surface area contributed by atoms with Gasteiger partial charge in [0.15, 0.2) is 10.9 Å². The number of nitrogens with one attached hydrogen (secondary N) is 3. The summed E-state index contributed by atoms with van der Waals surface area (Å²) in [5.74, 6) is -2.29. The Morgan fingerprint density at radius 3 is 2.57 bits per heavy atom. The molecule has 2 aromatic rings. The lowest BCUT2D eigenvalue weighted by atomic mass is 10.1. The van der Waals surface area contributed by atoms with E-state index in [-0.39, 0.29) is 22.2 Å². The number of alkyl halides is 3. The van der Waals surface area contributed by atoms with Crippen LogP contribution in [0.5, 0.6) is 5.75 Å². The first-order valence-corrected chi connectivity index (χ1v) is 8.90. The molecule has 4 N–H and O–H groups in total. The number of amidine groups is 1. The smallest absolute Gasteiger partial charge is 0.420 e. The molecule has 0 fully saturated rings. The van der Waals surface area contributed by atoms with E-state index in [0.717, 1.165) is 6.20 Å². The number of halogens is 3. The molecule has 160 valence electrons. The Bertz CT molecular complexity index is 996. The van der Waals surface area contributed by atoms with Crippen molar-refractivity contribution in [2.24, 2.45) is 0 Å². The first kappa shape index (κ1) is 23.0. The van der Waals surface area contributed by atoms with E-state index in [1.54, 1.807) is 20.8 Å². The molecule has 8 nitrogen and oxygen atoms in total. The number of hydrogen-bond donors (Lipinski definition) is 4. The Morgan fingerprint density at radius 2 is 2.00 bits per heavy atom. The van der Waals surface area contributed by atoms with Gasteiger partial charge in [0.1, 0.15) is 28.4 Å². The van der Waals surface area contributed by atoms with Crippen LogP contribution in [0.15, 0.2) is 24.5 Å². The minimum absolute atomic E-state index is 0.0718. The highest BCUT2D eigenvalue weighted by Gasteiger charge is 2.35. The normalized spacial score (nSPS) is 11.2. The number of carbonyl (C=O) groups is 1. The van der Waals surface area contributed by atoms with E-state index in [4.69, 9.17) is 22.4 Å². The summed E-state index contributed by atoms with van der Waals surface area (Å²) in [6.07, 6.45) is -2.97. The van der Waals surface area contributed by atoms with Crippen LogP contribution in [0.2, 0.25) is 0 Å². The third kappa shape index (κ3) is 5.63. The van der Waals surface area contributed by atoms with Gasteiger partial charge in [-0.05, 0) is 50.7 Å². The number of carboxylic acids is 1. The van der Waals surface area contributed by atoms with Crippen molar-refractivity contribution in [1.29, 1.82) is 5.41 Å². The molecule has 0 aliphatic heterocycles. The molecule has 12 heteroatoms. The number of carboxylic acid groups (broad SMARTS) is 1. The molecule has 30 heavy (non-hydrogen) atoms. The number of anilines is 1. The molecule has 0 aliphatic rings. The number of ether oxygens (including phenoxy) is 1. The number of thiocarbonyl (C=S) groups is 1. The number of hydrogen-bond acceptors (Lipinski definition) is 6. The van der Waals surface area contributed by atoms with Gasteiger partial charge in [-0.25, -0.2) is 14.8 Å². The lowest BCUT2D eigenvalue weighted by Gasteiger charge is -2.17. The predicted octanol–water partition coefficient (Wildman–Crippen LogP) is 3.60. The van der Waals surface area contributed by atoms with Crippen molar-refractivity contribution >= 4 is 35.0 Å². The highest BCUT2D eigenvalue weighted by molar-refractivity contribution is 7.80. The molecule has 0 radical (unpaired) electrons. The lowest BCUT2D eigenvalue weighted by Crippen LogP contribution is -2.35. The zero-order valence-corrected chi connectivity index (χ0v) is 16.9. The van der Waals surface area contributed by atoms with E-state index >= 15 is 0 Å². The SMILES string of the molecule is Cc1ccnc(NC(=S)NC(=N)c2cc(C(F)(F)F)c(OC(C)C)cn2)c1C(=O)O. The molecule has 0 atom stereocenters. The minimum Gasteiger partial charge on any atom is -0.489 e. The summed E-state index contributed by atoms with van der Waals surface area (Å²) >= 11 is 5.02. The summed E-state index contributed by atoms with van der Waals surface area (Å²) in [5, 5.41) is 21.9. The molecule has 0 bridgehead atoms. The third-order valence-corrected chi connectivity index (χ3v) is 3.84. The van der Waals surface area contributed by atoms with Gasteiger partial charge in [-0.15, -0.1) is 0 Å². The van der Waals surface area contributed by atoms with Gasteiger partial charge >= 0.3 is 12.1 Å². The summed E-state index contributed by atoms with van der Waals surface area (Å²) in [4.78, 5) is 19.1. The fraction of sp³-hybridized carbons (Fsp3) is 0.278. The Morgan fingerprint density at radius 1 is 1.33 bits per heavy atom. The van der Waals surface area contributed by atoms with Crippen LogP contribution in [0.3, 0.4) is 0 Å². The van der Waals surface area contributed by atoms with E-state index in [1.165, 1.54) is 12.3 Å². The second-order valence-corrected chi connectivity index (χ2v) is 6.75. The molecular formula is C18H18F3N5O3S. The zero-order valence-electron chi connectivity index (χ0n) is 16.1. The van der Waals surface area contributed by atoms with Gasteiger partial charge in [0.05, 0.1) is 12.3 Å². The molecule has 0 saturated carbocycles. The topological polar surface area (TPSA) is 120 Å². The number of aromatic carboxylic acids is 1. The van der Waals surface area contributed by atoms with E-state index in [9.17, 15) is 23.1 Å². The number of rotatable bonds is 5. The van der Waals surface area contributed by atoms with E-state index in [1.807, 2.05) is 0 Å². The van der Waals surface area contributed by atoms with Crippen LogP contribution >= 0.6 is 12.2 Å². The molecule has 0 aromatic carbocycles. The minimum atomic E-state index is -4.72. The van der Waals surface area contributed by atoms with Crippen LogP contribution < -0.4 is 15.4 Å². The monoisotopic (exact) mass is 441 g/mol. The first-order valence-electron chi connectivity index (χ1n) is 8.49. The Labute approximate surface area is 175 Å². The van der Waals surface area contributed by atoms with Crippen molar-refractivity contribution in [2.75, 3.05) is 5.32 Å². The van der Waals surface area contributed by atoms with Gasteiger partial charge < -0.3 is 20.5 Å². The van der Waals surface area contributed by atoms with Gasteiger partial charge in [-0.2, -0.15) is 13.2 Å². The summed E-state index contributed by atoms with van der Waals surface area (Å²) in [6, 6.07) is 2.17. The molecule has 2 aromatic heterocycles. The van der Waals surface area contributed by atoms with E-state index in [2.05, 4.69) is 20.6 Å². The molecule has 0 aliphatic carbocycles. The molecule has 2 rings (SSSR count). The highest BCUT2D eigenvalue weighted by atomic mass is 32.1. The van der Waals surface area contributed by atoms with Crippen molar-refractivity contribution in [3.05, 3.63) is 46.9 Å². The quantitative estimate of drug-likeness (QED) is 0.316. The number of pyridine rings is 2. The van der Waals surface area contributed by atoms with E-state index < -0.39 is 35.4 Å². The molecule has 0 amide bonds. The summed E-state index contributed by atoms with van der Waals surface area (Å²) in [6.45, 7) is 4.72. The fourth-order valence-electron chi connectivity index (χ4n) is 2.39. The van der Waals surface area contributed by atoms with Crippen molar-refractivity contribution in [3.63, 3.8) is 0 Å². The van der Waals surface area contributed by atoms with Gasteiger partial charge in [0, 0.05) is 6.20 Å².